The topological polar surface area (TPSA) is 75.4 Å². The van der Waals surface area contributed by atoms with Gasteiger partial charge in [0.15, 0.2) is 5.58 Å². The van der Waals surface area contributed by atoms with E-state index in [2.05, 4.69) is 4.98 Å². The smallest absolute Gasteiger partial charge is 0.261 e. The first-order chi connectivity index (χ1) is 11.6. The van der Waals surface area contributed by atoms with Crippen LogP contribution in [0.2, 0.25) is 5.02 Å². The van der Waals surface area contributed by atoms with E-state index in [0.29, 0.717) is 27.4 Å². The van der Waals surface area contributed by atoms with Gasteiger partial charge in [0.1, 0.15) is 11.3 Å². The zero-order valence-electron chi connectivity index (χ0n) is 12.5. The van der Waals surface area contributed by atoms with Gasteiger partial charge in [0.2, 0.25) is 0 Å². The standard InChI is InChI=1S/C17H12ClNO4S/c1-22-13-7-6-10(8-11(13)18)9-15(16(20)21)24-17-19-12-4-2-3-5-14(12)23-17/h2-9H,1H3,(H,20,21)/p-1/b15-9+. The van der Waals surface area contributed by atoms with Crippen LogP contribution in [-0.2, 0) is 4.79 Å². The van der Waals surface area contributed by atoms with Gasteiger partial charge < -0.3 is 19.1 Å². The highest BCUT2D eigenvalue weighted by Crippen LogP contribution is 2.31. The van der Waals surface area contributed by atoms with Crippen molar-refractivity contribution in [1.29, 1.82) is 0 Å². The highest BCUT2D eigenvalue weighted by atomic mass is 35.5. The fraction of sp³-hybridized carbons (Fsp3) is 0.0588. The number of hydrogen-bond acceptors (Lipinski definition) is 6. The van der Waals surface area contributed by atoms with Crippen molar-refractivity contribution in [2.75, 3.05) is 7.11 Å². The third kappa shape index (κ3) is 3.55. The molecule has 0 bridgehead atoms. The van der Waals surface area contributed by atoms with Gasteiger partial charge in [0.05, 0.1) is 18.1 Å². The Balaban J connectivity index is 1.91. The molecule has 0 spiro atoms. The summed E-state index contributed by atoms with van der Waals surface area (Å²) in [5.41, 5.74) is 1.85. The fourth-order valence-electron chi connectivity index (χ4n) is 2.04. The molecule has 2 aromatic carbocycles. The van der Waals surface area contributed by atoms with Gasteiger partial charge in [-0.1, -0.05) is 29.8 Å². The summed E-state index contributed by atoms with van der Waals surface area (Å²) in [6, 6.07) is 12.2. The van der Waals surface area contributed by atoms with Crippen LogP contribution >= 0.6 is 23.4 Å². The van der Waals surface area contributed by atoms with Gasteiger partial charge in [-0.3, -0.25) is 0 Å². The van der Waals surface area contributed by atoms with E-state index in [1.54, 1.807) is 30.3 Å². The van der Waals surface area contributed by atoms with Crippen molar-refractivity contribution in [3.8, 4) is 5.75 Å². The van der Waals surface area contributed by atoms with Crippen LogP contribution in [-0.4, -0.2) is 18.1 Å². The van der Waals surface area contributed by atoms with Crippen LogP contribution in [0, 0.1) is 0 Å². The van der Waals surface area contributed by atoms with Gasteiger partial charge >= 0.3 is 0 Å². The normalized spacial score (nSPS) is 11.7. The number of methoxy groups -OCH3 is 1. The van der Waals surface area contributed by atoms with E-state index in [-0.39, 0.29) is 10.1 Å². The molecule has 5 nitrogen and oxygen atoms in total. The number of fused-ring (bicyclic) bond motifs is 1. The minimum Gasteiger partial charge on any atom is -0.544 e. The van der Waals surface area contributed by atoms with Crippen molar-refractivity contribution >= 4 is 46.5 Å². The molecule has 1 heterocycles. The first-order valence-corrected chi connectivity index (χ1v) is 8.06. The van der Waals surface area contributed by atoms with Gasteiger partial charge in [-0.15, -0.1) is 0 Å². The second kappa shape index (κ2) is 6.98. The van der Waals surface area contributed by atoms with Crippen molar-refractivity contribution in [2.45, 2.75) is 5.22 Å². The number of carboxylic acids is 1. The lowest BCUT2D eigenvalue weighted by molar-refractivity contribution is -0.298. The van der Waals surface area contributed by atoms with Crippen molar-refractivity contribution in [3.05, 3.63) is 58.0 Å². The largest absolute Gasteiger partial charge is 0.544 e. The molecule has 1 aromatic heterocycles. The summed E-state index contributed by atoms with van der Waals surface area (Å²) in [4.78, 5) is 15.6. The van der Waals surface area contributed by atoms with E-state index in [1.807, 2.05) is 12.1 Å². The molecule has 0 aliphatic heterocycles. The molecule has 24 heavy (non-hydrogen) atoms. The minimum atomic E-state index is -1.32. The van der Waals surface area contributed by atoms with Gasteiger partial charge in [0.25, 0.3) is 5.22 Å². The molecular formula is C17H11ClNO4S-. The number of carbonyl (C=O) groups is 1. The average molecular weight is 361 g/mol. The van der Waals surface area contributed by atoms with Crippen molar-refractivity contribution < 1.29 is 19.1 Å². The maximum atomic E-state index is 11.4. The Labute approximate surface area is 146 Å². The molecule has 0 aliphatic carbocycles. The summed E-state index contributed by atoms with van der Waals surface area (Å²) in [7, 11) is 1.51. The summed E-state index contributed by atoms with van der Waals surface area (Å²) < 4.78 is 10.6. The summed E-state index contributed by atoms with van der Waals surface area (Å²) in [6.07, 6.45) is 1.44. The third-order valence-corrected chi connectivity index (χ3v) is 4.30. The number of benzene rings is 2. The summed E-state index contributed by atoms with van der Waals surface area (Å²) in [5, 5.41) is 12.0. The van der Waals surface area contributed by atoms with Crippen LogP contribution in [0.15, 0.2) is 57.0 Å². The molecule has 0 saturated carbocycles. The molecule has 0 amide bonds. The van der Waals surface area contributed by atoms with Crippen LogP contribution in [0.5, 0.6) is 5.75 Å². The molecule has 0 atom stereocenters. The maximum Gasteiger partial charge on any atom is 0.261 e. The highest BCUT2D eigenvalue weighted by Gasteiger charge is 2.10. The molecule has 0 unspecified atom stereocenters. The maximum absolute atomic E-state index is 11.4. The number of carbonyl (C=O) groups excluding carboxylic acids is 1. The molecule has 7 heteroatoms. The molecule has 0 radical (unpaired) electrons. The van der Waals surface area contributed by atoms with E-state index in [9.17, 15) is 9.90 Å². The molecule has 3 aromatic rings. The second-order valence-electron chi connectivity index (χ2n) is 4.74. The zero-order valence-corrected chi connectivity index (χ0v) is 14.1. The Morgan fingerprint density at radius 1 is 1.33 bits per heavy atom. The number of rotatable bonds is 5. The third-order valence-electron chi connectivity index (χ3n) is 3.15. The average Bonchev–Trinajstić information content (AvgIpc) is 2.96. The predicted octanol–water partition coefficient (Wildman–Crippen LogP) is 3.37. The number of carboxylic acid groups (broad SMARTS) is 1. The number of halogens is 1. The van der Waals surface area contributed by atoms with Gasteiger partial charge in [0, 0.05) is 4.91 Å². The first-order valence-electron chi connectivity index (χ1n) is 6.87. The monoisotopic (exact) mass is 360 g/mol. The molecule has 0 saturated heterocycles. The Kier molecular flexibility index (Phi) is 4.78. The van der Waals surface area contributed by atoms with E-state index >= 15 is 0 Å². The molecule has 3 rings (SSSR count). The van der Waals surface area contributed by atoms with Crippen LogP contribution < -0.4 is 9.84 Å². The first kappa shape index (κ1) is 16.4. The SMILES string of the molecule is COc1ccc(/C=C(/Sc2nc3ccccc3o2)C(=O)[O-])cc1Cl. The lowest BCUT2D eigenvalue weighted by Crippen LogP contribution is -2.23. The lowest BCUT2D eigenvalue weighted by Gasteiger charge is -2.07. The van der Waals surface area contributed by atoms with Gasteiger partial charge in [-0.25, -0.2) is 4.98 Å². The van der Waals surface area contributed by atoms with Crippen molar-refractivity contribution in [1.82, 2.24) is 4.98 Å². The lowest BCUT2D eigenvalue weighted by atomic mass is 10.2. The van der Waals surface area contributed by atoms with Crippen LogP contribution in [0.3, 0.4) is 0 Å². The number of hydrogen-bond donors (Lipinski definition) is 0. The van der Waals surface area contributed by atoms with Crippen LogP contribution in [0.4, 0.5) is 0 Å². The highest BCUT2D eigenvalue weighted by molar-refractivity contribution is 8.03. The van der Waals surface area contributed by atoms with Gasteiger partial charge in [-0.05, 0) is 47.7 Å². The number of aromatic nitrogens is 1. The molecule has 0 aliphatic rings. The minimum absolute atomic E-state index is 0.0391. The number of thioether (sulfide) groups is 1. The quantitative estimate of drug-likeness (QED) is 0.513. The Morgan fingerprint density at radius 3 is 2.79 bits per heavy atom. The fourth-order valence-corrected chi connectivity index (χ4v) is 3.05. The van der Waals surface area contributed by atoms with E-state index in [1.165, 1.54) is 13.2 Å². The number of oxazole rings is 1. The van der Waals surface area contributed by atoms with Crippen LogP contribution in [0.1, 0.15) is 5.56 Å². The van der Waals surface area contributed by atoms with E-state index in [0.717, 1.165) is 11.8 Å². The molecule has 122 valence electrons. The van der Waals surface area contributed by atoms with Crippen LogP contribution in [0.25, 0.3) is 17.2 Å². The van der Waals surface area contributed by atoms with E-state index in [4.69, 9.17) is 20.8 Å². The number of nitrogens with zero attached hydrogens (tertiary/aromatic N) is 1. The summed E-state index contributed by atoms with van der Waals surface area (Å²) in [5.74, 6) is -0.815. The molecule has 0 fully saturated rings. The second-order valence-corrected chi connectivity index (χ2v) is 6.14. The molecular weight excluding hydrogens is 350 g/mol. The van der Waals surface area contributed by atoms with E-state index < -0.39 is 5.97 Å². The van der Waals surface area contributed by atoms with Crippen molar-refractivity contribution in [3.63, 3.8) is 0 Å². The predicted molar refractivity (Wildman–Crippen MR) is 90.9 cm³/mol. The number of ether oxygens (including phenoxy) is 1. The summed E-state index contributed by atoms with van der Waals surface area (Å²) >= 11 is 6.93. The summed E-state index contributed by atoms with van der Waals surface area (Å²) in [6.45, 7) is 0. The Morgan fingerprint density at radius 2 is 2.12 bits per heavy atom. The van der Waals surface area contributed by atoms with Gasteiger partial charge in [-0.2, -0.15) is 0 Å². The number of aliphatic carboxylic acids is 1. The molecule has 0 N–H and O–H groups in total. The zero-order chi connectivity index (χ0) is 17.1. The Hall–Kier alpha value is -2.44. The number of para-hydroxylation sites is 2. The Bertz CT molecular complexity index is 902. The van der Waals surface area contributed by atoms with Crippen molar-refractivity contribution in [2.24, 2.45) is 0 Å².